The number of H-pyrrole nitrogens is 1. The molecule has 1 amide bonds. The van der Waals surface area contributed by atoms with Crippen LogP contribution in [0.5, 0.6) is 0 Å². The molecule has 0 unspecified atom stereocenters. The van der Waals surface area contributed by atoms with E-state index in [0.717, 1.165) is 0 Å². The van der Waals surface area contributed by atoms with Crippen molar-refractivity contribution < 1.29 is 24.0 Å². The fourth-order valence-corrected chi connectivity index (χ4v) is 3.38. The second-order valence-corrected chi connectivity index (χ2v) is 7.43. The van der Waals surface area contributed by atoms with Gasteiger partial charge in [-0.2, -0.15) is 0 Å². The van der Waals surface area contributed by atoms with E-state index in [0.29, 0.717) is 10.9 Å². The number of anilines is 1. The highest BCUT2D eigenvalue weighted by atomic mass is 16.6. The first-order valence-electron chi connectivity index (χ1n) is 10.3. The zero-order chi connectivity index (χ0) is 24.9. The van der Waals surface area contributed by atoms with Gasteiger partial charge in [0.05, 0.1) is 16.1 Å². The highest BCUT2D eigenvalue weighted by Gasteiger charge is 2.16. The SMILES string of the molecule is O=C(COC(=O)c1cccc(NC(=O)c2cc(=O)[nH]c3ccccc23)c1)c1ccc([N+](=O)[O-])cc1. The largest absolute Gasteiger partial charge is 0.454 e. The molecule has 174 valence electrons. The van der Waals surface area contributed by atoms with Crippen LogP contribution in [0.15, 0.2) is 83.7 Å². The van der Waals surface area contributed by atoms with Gasteiger partial charge in [0.25, 0.3) is 11.6 Å². The van der Waals surface area contributed by atoms with Crippen molar-refractivity contribution in [3.63, 3.8) is 0 Å². The van der Waals surface area contributed by atoms with E-state index in [4.69, 9.17) is 4.74 Å². The van der Waals surface area contributed by atoms with Crippen LogP contribution in [0.2, 0.25) is 0 Å². The minimum atomic E-state index is -0.794. The molecule has 10 nitrogen and oxygen atoms in total. The zero-order valence-corrected chi connectivity index (χ0v) is 18.0. The topological polar surface area (TPSA) is 148 Å². The van der Waals surface area contributed by atoms with E-state index in [1.807, 2.05) is 0 Å². The lowest BCUT2D eigenvalue weighted by molar-refractivity contribution is -0.384. The van der Waals surface area contributed by atoms with E-state index in [1.165, 1.54) is 48.5 Å². The smallest absolute Gasteiger partial charge is 0.338 e. The summed E-state index contributed by atoms with van der Waals surface area (Å²) in [6, 6.07) is 18.9. The molecule has 4 rings (SSSR count). The highest BCUT2D eigenvalue weighted by molar-refractivity contribution is 6.12. The number of hydrogen-bond donors (Lipinski definition) is 2. The molecular formula is C25H17N3O7. The summed E-state index contributed by atoms with van der Waals surface area (Å²) in [4.78, 5) is 62.2. The summed E-state index contributed by atoms with van der Waals surface area (Å²) in [7, 11) is 0. The maximum absolute atomic E-state index is 12.8. The van der Waals surface area contributed by atoms with Crippen molar-refractivity contribution in [2.75, 3.05) is 11.9 Å². The van der Waals surface area contributed by atoms with Gasteiger partial charge in [0.15, 0.2) is 12.4 Å². The Balaban J connectivity index is 1.44. The number of nitrogens with zero attached hydrogens (tertiary/aromatic N) is 1. The average Bonchev–Trinajstić information content (AvgIpc) is 2.86. The van der Waals surface area contributed by atoms with Gasteiger partial charge in [0, 0.05) is 40.4 Å². The number of ether oxygens (including phenoxy) is 1. The van der Waals surface area contributed by atoms with E-state index < -0.39 is 34.7 Å². The fourth-order valence-electron chi connectivity index (χ4n) is 3.38. The van der Waals surface area contributed by atoms with Crippen LogP contribution in [0.25, 0.3) is 10.9 Å². The second-order valence-electron chi connectivity index (χ2n) is 7.43. The van der Waals surface area contributed by atoms with Gasteiger partial charge in [0.1, 0.15) is 0 Å². The van der Waals surface area contributed by atoms with Crippen molar-refractivity contribution in [1.82, 2.24) is 4.98 Å². The van der Waals surface area contributed by atoms with Crippen LogP contribution in [0.1, 0.15) is 31.1 Å². The molecule has 35 heavy (non-hydrogen) atoms. The maximum atomic E-state index is 12.8. The number of benzene rings is 3. The summed E-state index contributed by atoms with van der Waals surface area (Å²) in [6.45, 7) is -0.563. The van der Waals surface area contributed by atoms with Crippen LogP contribution in [0, 0.1) is 10.1 Å². The van der Waals surface area contributed by atoms with Crippen molar-refractivity contribution in [2.24, 2.45) is 0 Å². The molecule has 1 heterocycles. The van der Waals surface area contributed by atoms with E-state index in [2.05, 4.69) is 10.3 Å². The number of carbonyl (C=O) groups excluding carboxylic acids is 3. The Morgan fingerprint density at radius 1 is 0.914 bits per heavy atom. The number of para-hydroxylation sites is 1. The van der Waals surface area contributed by atoms with Crippen LogP contribution in [-0.4, -0.2) is 34.2 Å². The third-order valence-corrected chi connectivity index (χ3v) is 5.09. The summed E-state index contributed by atoms with van der Waals surface area (Å²) < 4.78 is 5.06. The molecule has 3 aromatic carbocycles. The van der Waals surface area contributed by atoms with E-state index in [-0.39, 0.29) is 28.1 Å². The van der Waals surface area contributed by atoms with E-state index in [9.17, 15) is 29.3 Å². The van der Waals surface area contributed by atoms with Crippen molar-refractivity contribution >= 4 is 39.9 Å². The molecule has 0 saturated carbocycles. The number of ketones is 1. The lowest BCUT2D eigenvalue weighted by atomic mass is 10.1. The number of aromatic amines is 1. The van der Waals surface area contributed by atoms with Gasteiger partial charge in [-0.05, 0) is 36.4 Å². The Hall–Kier alpha value is -5.12. The van der Waals surface area contributed by atoms with Gasteiger partial charge >= 0.3 is 5.97 Å². The summed E-state index contributed by atoms with van der Waals surface area (Å²) in [6.07, 6.45) is 0. The standard InChI is InChI=1S/C25H17N3O7/c29-22(15-8-10-18(11-9-15)28(33)34)14-35-25(32)16-4-3-5-17(12-16)26-24(31)20-13-23(30)27-21-7-2-1-6-19(20)21/h1-13H,14H2,(H,26,31)(H,27,30). The quantitative estimate of drug-likeness (QED) is 0.181. The first-order valence-corrected chi connectivity index (χ1v) is 10.3. The van der Waals surface area contributed by atoms with Crippen molar-refractivity contribution in [1.29, 1.82) is 0 Å². The Bertz CT molecular complexity index is 1520. The van der Waals surface area contributed by atoms with E-state index >= 15 is 0 Å². The molecule has 4 aromatic rings. The zero-order valence-electron chi connectivity index (χ0n) is 18.0. The molecule has 0 atom stereocenters. The van der Waals surface area contributed by atoms with Crippen LogP contribution in [-0.2, 0) is 4.74 Å². The summed E-state index contributed by atoms with van der Waals surface area (Å²) in [5.74, 6) is -1.86. The monoisotopic (exact) mass is 471 g/mol. The molecule has 0 fully saturated rings. The minimum absolute atomic E-state index is 0.0927. The number of carbonyl (C=O) groups is 3. The predicted molar refractivity (Wildman–Crippen MR) is 127 cm³/mol. The molecule has 0 spiro atoms. The number of nitro benzene ring substituents is 1. The third-order valence-electron chi connectivity index (χ3n) is 5.09. The molecule has 0 bridgehead atoms. The molecule has 0 aliphatic carbocycles. The van der Waals surface area contributed by atoms with Crippen molar-refractivity contribution in [2.45, 2.75) is 0 Å². The van der Waals surface area contributed by atoms with Gasteiger partial charge in [0.2, 0.25) is 5.56 Å². The van der Waals surface area contributed by atoms with Crippen molar-refractivity contribution in [3.8, 4) is 0 Å². The number of rotatable bonds is 7. The molecule has 0 radical (unpaired) electrons. The Morgan fingerprint density at radius 3 is 2.40 bits per heavy atom. The lowest BCUT2D eigenvalue weighted by Gasteiger charge is -2.09. The predicted octanol–water partition coefficient (Wildman–Crippen LogP) is 3.73. The summed E-state index contributed by atoms with van der Waals surface area (Å²) in [5, 5.41) is 13.9. The summed E-state index contributed by atoms with van der Waals surface area (Å²) in [5.41, 5.74) is 0.639. The van der Waals surface area contributed by atoms with Crippen LogP contribution in [0.3, 0.4) is 0 Å². The summed E-state index contributed by atoms with van der Waals surface area (Å²) >= 11 is 0. The average molecular weight is 471 g/mol. The van der Waals surface area contributed by atoms with Gasteiger partial charge < -0.3 is 15.0 Å². The number of fused-ring (bicyclic) bond motifs is 1. The number of non-ortho nitro benzene ring substituents is 1. The number of Topliss-reactive ketones (excluding diaryl/α,β-unsaturated/α-hetero) is 1. The molecule has 0 aliphatic rings. The number of pyridine rings is 1. The van der Waals surface area contributed by atoms with Gasteiger partial charge in [-0.15, -0.1) is 0 Å². The number of esters is 1. The third kappa shape index (κ3) is 5.28. The Kier molecular flexibility index (Phi) is 6.45. The number of nitrogens with one attached hydrogen (secondary N) is 2. The normalized spacial score (nSPS) is 10.5. The van der Waals surface area contributed by atoms with Gasteiger partial charge in [-0.25, -0.2) is 4.79 Å². The lowest BCUT2D eigenvalue weighted by Crippen LogP contribution is -2.17. The Morgan fingerprint density at radius 2 is 1.66 bits per heavy atom. The van der Waals surface area contributed by atoms with Crippen molar-refractivity contribution in [3.05, 3.63) is 116 Å². The number of aromatic nitrogens is 1. The number of hydrogen-bond acceptors (Lipinski definition) is 7. The highest BCUT2D eigenvalue weighted by Crippen LogP contribution is 2.18. The second kappa shape index (κ2) is 9.79. The maximum Gasteiger partial charge on any atom is 0.338 e. The first-order chi connectivity index (χ1) is 16.8. The Labute approximate surface area is 197 Å². The molecule has 0 aliphatic heterocycles. The van der Waals surface area contributed by atoms with Crippen LogP contribution >= 0.6 is 0 Å². The van der Waals surface area contributed by atoms with Gasteiger partial charge in [-0.3, -0.25) is 24.5 Å². The molecular weight excluding hydrogens is 454 g/mol. The fraction of sp³-hybridized carbons (Fsp3) is 0.0400. The first kappa shape index (κ1) is 23.1. The van der Waals surface area contributed by atoms with Gasteiger partial charge in [-0.1, -0.05) is 24.3 Å². The number of nitro groups is 1. The van der Waals surface area contributed by atoms with Crippen LogP contribution < -0.4 is 10.9 Å². The molecule has 0 saturated heterocycles. The number of amides is 1. The molecule has 10 heteroatoms. The van der Waals surface area contributed by atoms with Crippen LogP contribution in [0.4, 0.5) is 11.4 Å². The minimum Gasteiger partial charge on any atom is -0.454 e. The molecule has 2 N–H and O–H groups in total. The van der Waals surface area contributed by atoms with E-state index in [1.54, 1.807) is 30.3 Å². The molecule has 1 aromatic heterocycles.